The van der Waals surface area contributed by atoms with E-state index in [0.717, 1.165) is 25.7 Å². The monoisotopic (exact) mass is 305 g/mol. The van der Waals surface area contributed by atoms with Gasteiger partial charge in [-0.3, -0.25) is 9.59 Å². The van der Waals surface area contributed by atoms with Crippen molar-refractivity contribution in [1.29, 1.82) is 0 Å². The van der Waals surface area contributed by atoms with E-state index in [1.807, 2.05) is 20.8 Å². The van der Waals surface area contributed by atoms with E-state index in [1.54, 1.807) is 0 Å². The average Bonchev–Trinajstić information content (AvgIpc) is 2.33. The minimum atomic E-state index is -0.399. The zero-order chi connectivity index (χ0) is 14.5. The van der Waals surface area contributed by atoms with Crippen LogP contribution in [0.1, 0.15) is 46.5 Å². The van der Waals surface area contributed by atoms with E-state index in [2.05, 4.69) is 10.6 Å². The van der Waals surface area contributed by atoms with E-state index in [-0.39, 0.29) is 36.1 Å². The SMILES string of the molecule is CC(C)C(=O)NCCNC(=O)C1CCCCC1(C)N.Cl. The van der Waals surface area contributed by atoms with Crippen LogP contribution in [0.4, 0.5) is 0 Å². The molecule has 2 atom stereocenters. The third-order valence-corrected chi connectivity index (χ3v) is 3.82. The summed E-state index contributed by atoms with van der Waals surface area (Å²) in [6.45, 7) is 6.57. The van der Waals surface area contributed by atoms with Gasteiger partial charge < -0.3 is 16.4 Å². The van der Waals surface area contributed by atoms with Crippen LogP contribution in [0.15, 0.2) is 0 Å². The molecule has 0 aromatic carbocycles. The second-order valence-corrected chi connectivity index (χ2v) is 6.04. The summed E-state index contributed by atoms with van der Waals surface area (Å²) >= 11 is 0. The second kappa shape index (κ2) is 8.47. The van der Waals surface area contributed by atoms with Gasteiger partial charge in [0.05, 0.1) is 5.92 Å². The summed E-state index contributed by atoms with van der Waals surface area (Å²) in [6, 6.07) is 0. The molecule has 1 saturated carbocycles. The topological polar surface area (TPSA) is 84.2 Å². The minimum absolute atomic E-state index is 0. The molecule has 1 aliphatic rings. The number of halogens is 1. The Kier molecular flexibility index (Phi) is 8.13. The molecule has 1 aliphatic carbocycles. The van der Waals surface area contributed by atoms with Gasteiger partial charge in [0.15, 0.2) is 0 Å². The van der Waals surface area contributed by atoms with Gasteiger partial charge in [-0.15, -0.1) is 12.4 Å². The molecule has 0 saturated heterocycles. The van der Waals surface area contributed by atoms with Crippen molar-refractivity contribution in [3.8, 4) is 0 Å². The predicted octanol–water partition coefficient (Wildman–Crippen LogP) is 1.20. The zero-order valence-electron chi connectivity index (χ0n) is 12.7. The van der Waals surface area contributed by atoms with Crippen molar-refractivity contribution >= 4 is 24.2 Å². The first-order valence-electron chi connectivity index (χ1n) is 7.19. The van der Waals surface area contributed by atoms with Crippen molar-refractivity contribution in [3.05, 3.63) is 0 Å². The number of rotatable bonds is 5. The van der Waals surface area contributed by atoms with Crippen LogP contribution in [0.3, 0.4) is 0 Å². The van der Waals surface area contributed by atoms with E-state index >= 15 is 0 Å². The van der Waals surface area contributed by atoms with Gasteiger partial charge >= 0.3 is 0 Å². The molecule has 6 heteroatoms. The largest absolute Gasteiger partial charge is 0.354 e. The molecule has 0 aliphatic heterocycles. The van der Waals surface area contributed by atoms with E-state index in [9.17, 15) is 9.59 Å². The summed E-state index contributed by atoms with van der Waals surface area (Å²) in [7, 11) is 0. The number of carbonyl (C=O) groups is 2. The fraction of sp³-hybridized carbons (Fsp3) is 0.857. The van der Waals surface area contributed by atoms with E-state index in [0.29, 0.717) is 13.1 Å². The molecule has 0 aromatic rings. The molecule has 0 spiro atoms. The lowest BCUT2D eigenvalue weighted by Crippen LogP contribution is -2.53. The normalized spacial score (nSPS) is 25.8. The summed E-state index contributed by atoms with van der Waals surface area (Å²) in [5, 5.41) is 5.64. The fourth-order valence-corrected chi connectivity index (χ4v) is 2.49. The predicted molar refractivity (Wildman–Crippen MR) is 82.7 cm³/mol. The maximum atomic E-state index is 12.1. The Morgan fingerprint density at radius 1 is 1.25 bits per heavy atom. The van der Waals surface area contributed by atoms with Crippen molar-refractivity contribution in [1.82, 2.24) is 10.6 Å². The van der Waals surface area contributed by atoms with Gasteiger partial charge in [-0.1, -0.05) is 26.7 Å². The van der Waals surface area contributed by atoms with Gasteiger partial charge in [0.1, 0.15) is 0 Å². The Labute approximate surface area is 127 Å². The molecular formula is C14H28ClN3O2. The molecule has 1 rings (SSSR count). The summed E-state index contributed by atoms with van der Waals surface area (Å²) in [6.07, 6.45) is 3.92. The highest BCUT2D eigenvalue weighted by molar-refractivity contribution is 5.85. The van der Waals surface area contributed by atoms with Gasteiger partial charge in [-0.05, 0) is 19.8 Å². The molecule has 0 heterocycles. The number of nitrogens with one attached hydrogen (secondary N) is 2. The van der Waals surface area contributed by atoms with Crippen LogP contribution in [-0.2, 0) is 9.59 Å². The van der Waals surface area contributed by atoms with E-state index < -0.39 is 5.54 Å². The number of hydrogen-bond acceptors (Lipinski definition) is 3. The van der Waals surface area contributed by atoms with Crippen LogP contribution in [0, 0.1) is 11.8 Å². The minimum Gasteiger partial charge on any atom is -0.354 e. The molecule has 4 N–H and O–H groups in total. The van der Waals surface area contributed by atoms with Gasteiger partial charge in [-0.25, -0.2) is 0 Å². The lowest BCUT2D eigenvalue weighted by molar-refractivity contribution is -0.128. The van der Waals surface area contributed by atoms with E-state index in [4.69, 9.17) is 5.73 Å². The van der Waals surface area contributed by atoms with Crippen LogP contribution in [-0.4, -0.2) is 30.4 Å². The quantitative estimate of drug-likeness (QED) is 0.667. The van der Waals surface area contributed by atoms with Crippen molar-refractivity contribution in [2.24, 2.45) is 17.6 Å². The third-order valence-electron chi connectivity index (χ3n) is 3.82. The molecule has 0 bridgehead atoms. The maximum absolute atomic E-state index is 12.1. The summed E-state index contributed by atoms with van der Waals surface area (Å²) in [4.78, 5) is 23.4. The molecular weight excluding hydrogens is 278 g/mol. The van der Waals surface area contributed by atoms with Crippen LogP contribution < -0.4 is 16.4 Å². The first kappa shape index (κ1) is 19.2. The van der Waals surface area contributed by atoms with Crippen LogP contribution in [0.2, 0.25) is 0 Å². The van der Waals surface area contributed by atoms with Gasteiger partial charge in [0.25, 0.3) is 0 Å². The highest BCUT2D eigenvalue weighted by Gasteiger charge is 2.37. The van der Waals surface area contributed by atoms with Crippen LogP contribution in [0.25, 0.3) is 0 Å². The molecule has 118 valence electrons. The summed E-state index contributed by atoms with van der Waals surface area (Å²) < 4.78 is 0. The second-order valence-electron chi connectivity index (χ2n) is 6.04. The highest BCUT2D eigenvalue weighted by atomic mass is 35.5. The maximum Gasteiger partial charge on any atom is 0.225 e. The number of hydrogen-bond donors (Lipinski definition) is 3. The Balaban J connectivity index is 0.00000361. The molecule has 5 nitrogen and oxygen atoms in total. The molecule has 0 aromatic heterocycles. The molecule has 20 heavy (non-hydrogen) atoms. The van der Waals surface area contributed by atoms with Crippen molar-refractivity contribution in [2.75, 3.05) is 13.1 Å². The number of carbonyl (C=O) groups excluding carboxylic acids is 2. The standard InChI is InChI=1S/C14H27N3O2.ClH/c1-10(2)12(18)16-8-9-17-13(19)11-6-4-5-7-14(11,3)15;/h10-11H,4-9,15H2,1-3H3,(H,16,18)(H,17,19);1H. The van der Waals surface area contributed by atoms with E-state index in [1.165, 1.54) is 0 Å². The summed E-state index contributed by atoms with van der Waals surface area (Å²) in [5.74, 6) is -0.109. The summed E-state index contributed by atoms with van der Waals surface area (Å²) in [5.41, 5.74) is 5.79. The lowest BCUT2D eigenvalue weighted by atomic mass is 9.74. The molecule has 1 fully saturated rings. The molecule has 2 unspecified atom stereocenters. The van der Waals surface area contributed by atoms with Crippen molar-refractivity contribution in [3.63, 3.8) is 0 Å². The first-order valence-corrected chi connectivity index (χ1v) is 7.19. The Morgan fingerprint density at radius 3 is 2.40 bits per heavy atom. The van der Waals surface area contributed by atoms with Crippen molar-refractivity contribution in [2.45, 2.75) is 52.0 Å². The average molecular weight is 306 g/mol. The Hall–Kier alpha value is -0.810. The fourth-order valence-electron chi connectivity index (χ4n) is 2.49. The first-order chi connectivity index (χ1) is 8.84. The third kappa shape index (κ3) is 5.67. The van der Waals surface area contributed by atoms with Crippen LogP contribution >= 0.6 is 12.4 Å². The number of nitrogens with two attached hydrogens (primary N) is 1. The van der Waals surface area contributed by atoms with Gasteiger partial charge in [0.2, 0.25) is 11.8 Å². The Bertz CT molecular complexity index is 332. The zero-order valence-corrected chi connectivity index (χ0v) is 13.5. The molecule has 2 amide bonds. The van der Waals surface area contributed by atoms with Gasteiger partial charge in [0, 0.05) is 24.5 Å². The Morgan fingerprint density at radius 2 is 1.85 bits per heavy atom. The van der Waals surface area contributed by atoms with Gasteiger partial charge in [-0.2, -0.15) is 0 Å². The lowest BCUT2D eigenvalue weighted by Gasteiger charge is -2.37. The smallest absolute Gasteiger partial charge is 0.225 e. The van der Waals surface area contributed by atoms with Crippen LogP contribution in [0.5, 0.6) is 0 Å². The van der Waals surface area contributed by atoms with Crippen molar-refractivity contribution < 1.29 is 9.59 Å². The molecule has 0 radical (unpaired) electrons. The highest BCUT2D eigenvalue weighted by Crippen LogP contribution is 2.31. The number of amides is 2.